The minimum Gasteiger partial charge on any atom is -0.414 e. The number of fused-ring (bicyclic) bond motifs is 1. The summed E-state index contributed by atoms with van der Waals surface area (Å²) in [6.07, 6.45) is -2.86. The number of hydrogen-bond donors (Lipinski definition) is 0. The first kappa shape index (κ1) is 18.7. The van der Waals surface area contributed by atoms with Crippen LogP contribution in [0.4, 0.5) is 8.78 Å². The Morgan fingerprint density at radius 1 is 1.08 bits per heavy atom. The van der Waals surface area contributed by atoms with Crippen LogP contribution in [0.5, 0.6) is 0 Å². The third kappa shape index (κ3) is 3.28. The van der Waals surface area contributed by atoms with Gasteiger partial charge in [0.25, 0.3) is 18.2 Å². The number of halogens is 2. The van der Waals surface area contributed by atoms with E-state index in [2.05, 4.69) is 0 Å². The Bertz CT molecular complexity index is 620. The molecule has 2 amide bonds. The molecule has 1 aliphatic heterocycles. The van der Waals surface area contributed by atoms with E-state index in [9.17, 15) is 18.4 Å². The molecule has 0 N–H and O–H groups in total. The SMILES string of the molecule is CC(C)(C)[Si](C)(C)OC[C@@H](C(F)F)N1C(=O)c2ccccc2C1=O. The van der Waals surface area contributed by atoms with Gasteiger partial charge in [0.15, 0.2) is 8.32 Å². The summed E-state index contributed by atoms with van der Waals surface area (Å²) in [4.78, 5) is 25.5. The van der Waals surface area contributed by atoms with Crippen molar-refractivity contribution in [2.75, 3.05) is 6.61 Å². The minimum absolute atomic E-state index is 0.151. The lowest BCUT2D eigenvalue weighted by Gasteiger charge is -2.38. The molecule has 0 aliphatic carbocycles. The molecule has 1 aromatic carbocycles. The highest BCUT2D eigenvalue weighted by atomic mass is 28.4. The van der Waals surface area contributed by atoms with E-state index in [1.807, 2.05) is 33.9 Å². The zero-order valence-electron chi connectivity index (χ0n) is 14.6. The summed E-state index contributed by atoms with van der Waals surface area (Å²) in [5, 5.41) is -0.151. The highest BCUT2D eigenvalue weighted by Gasteiger charge is 2.45. The van der Waals surface area contributed by atoms with E-state index in [0.717, 1.165) is 0 Å². The molecule has 0 aromatic heterocycles. The normalized spacial score (nSPS) is 16.8. The number of nitrogens with zero attached hydrogens (tertiary/aromatic N) is 1. The number of carbonyl (C=O) groups is 2. The molecule has 1 aromatic rings. The molecule has 0 bridgehead atoms. The van der Waals surface area contributed by atoms with Crippen LogP contribution in [-0.2, 0) is 4.43 Å². The lowest BCUT2D eigenvalue weighted by atomic mass is 10.1. The van der Waals surface area contributed by atoms with Gasteiger partial charge < -0.3 is 4.43 Å². The van der Waals surface area contributed by atoms with Crippen LogP contribution in [0.3, 0.4) is 0 Å². The summed E-state index contributed by atoms with van der Waals surface area (Å²) in [6, 6.07) is 4.60. The van der Waals surface area contributed by atoms with Crippen molar-refractivity contribution in [3.63, 3.8) is 0 Å². The van der Waals surface area contributed by atoms with Crippen molar-refractivity contribution in [2.45, 2.75) is 51.4 Å². The predicted molar refractivity (Wildman–Crippen MR) is 89.9 cm³/mol. The van der Waals surface area contributed by atoms with Crippen LogP contribution in [0.25, 0.3) is 0 Å². The lowest BCUT2D eigenvalue weighted by molar-refractivity contribution is 0.00668. The molecule has 0 saturated carbocycles. The zero-order chi connectivity index (χ0) is 18.3. The third-order valence-corrected chi connectivity index (χ3v) is 9.37. The summed E-state index contributed by atoms with van der Waals surface area (Å²) in [5.74, 6) is -1.36. The van der Waals surface area contributed by atoms with Crippen molar-refractivity contribution in [3.8, 4) is 0 Å². The van der Waals surface area contributed by atoms with E-state index in [-0.39, 0.29) is 22.8 Å². The first-order valence-corrected chi connectivity index (χ1v) is 10.8. The summed E-state index contributed by atoms with van der Waals surface area (Å²) in [6.45, 7) is 9.53. The monoisotopic (exact) mass is 355 g/mol. The summed E-state index contributed by atoms with van der Waals surface area (Å²) in [7, 11) is -2.27. The largest absolute Gasteiger partial charge is 0.414 e. The number of rotatable bonds is 5. The van der Waals surface area contributed by atoms with Crippen LogP contribution < -0.4 is 0 Å². The van der Waals surface area contributed by atoms with Crippen molar-refractivity contribution in [3.05, 3.63) is 35.4 Å². The average molecular weight is 355 g/mol. The second-order valence-electron chi connectivity index (χ2n) is 7.50. The molecule has 2 rings (SSSR count). The molecule has 132 valence electrons. The van der Waals surface area contributed by atoms with Crippen molar-refractivity contribution >= 4 is 20.1 Å². The maximum Gasteiger partial charge on any atom is 0.262 e. The second kappa shape index (κ2) is 6.37. The summed E-state index contributed by atoms with van der Waals surface area (Å²) in [5.41, 5.74) is 0.334. The standard InChI is InChI=1S/C17H23F2NO3Si/c1-17(2,3)24(4,5)23-10-13(14(18)19)20-15(21)11-8-6-7-9-12(11)16(20)22/h6-9,13-14H,10H2,1-5H3/t13-/m0/s1. The van der Waals surface area contributed by atoms with Gasteiger partial charge in [-0.3, -0.25) is 14.5 Å². The first-order valence-electron chi connectivity index (χ1n) is 7.86. The summed E-state index contributed by atoms with van der Waals surface area (Å²) < 4.78 is 33.0. The molecule has 1 aliphatic rings. The molecular weight excluding hydrogens is 332 g/mol. The Morgan fingerprint density at radius 3 is 1.92 bits per heavy atom. The molecule has 24 heavy (non-hydrogen) atoms. The van der Waals surface area contributed by atoms with Gasteiger partial charge in [0.1, 0.15) is 6.04 Å². The smallest absolute Gasteiger partial charge is 0.262 e. The fraction of sp³-hybridized carbons (Fsp3) is 0.529. The van der Waals surface area contributed by atoms with Gasteiger partial charge in [-0.2, -0.15) is 0 Å². The highest BCUT2D eigenvalue weighted by molar-refractivity contribution is 6.74. The van der Waals surface area contributed by atoms with Crippen LogP contribution in [0.15, 0.2) is 24.3 Å². The minimum atomic E-state index is -2.86. The highest BCUT2D eigenvalue weighted by Crippen LogP contribution is 2.37. The summed E-state index contributed by atoms with van der Waals surface area (Å²) >= 11 is 0. The molecule has 0 fully saturated rings. The average Bonchev–Trinajstić information content (AvgIpc) is 2.71. The molecule has 0 unspecified atom stereocenters. The number of alkyl halides is 2. The molecular formula is C17H23F2NO3Si. The first-order chi connectivity index (χ1) is 11.0. The second-order valence-corrected chi connectivity index (χ2v) is 12.3. The van der Waals surface area contributed by atoms with Crippen molar-refractivity contribution in [1.29, 1.82) is 0 Å². The van der Waals surface area contributed by atoms with Crippen molar-refractivity contribution in [1.82, 2.24) is 4.90 Å². The lowest BCUT2D eigenvalue weighted by Crippen LogP contribution is -2.50. The van der Waals surface area contributed by atoms with E-state index >= 15 is 0 Å². The quantitative estimate of drug-likeness (QED) is 0.594. The van der Waals surface area contributed by atoms with E-state index in [1.165, 1.54) is 12.1 Å². The van der Waals surface area contributed by atoms with E-state index < -0.39 is 32.6 Å². The van der Waals surface area contributed by atoms with Gasteiger partial charge in [-0.05, 0) is 30.3 Å². The predicted octanol–water partition coefficient (Wildman–Crippen LogP) is 3.94. The topological polar surface area (TPSA) is 46.6 Å². The van der Waals surface area contributed by atoms with E-state index in [4.69, 9.17) is 4.43 Å². The van der Waals surface area contributed by atoms with Gasteiger partial charge in [0.05, 0.1) is 17.7 Å². The van der Waals surface area contributed by atoms with Crippen LogP contribution in [-0.4, -0.2) is 44.1 Å². The van der Waals surface area contributed by atoms with Crippen molar-refractivity contribution in [2.24, 2.45) is 0 Å². The van der Waals surface area contributed by atoms with Crippen LogP contribution in [0.2, 0.25) is 18.1 Å². The Kier molecular flexibility index (Phi) is 4.97. The fourth-order valence-corrected chi connectivity index (χ4v) is 3.30. The molecule has 1 atom stereocenters. The number of benzene rings is 1. The molecule has 7 heteroatoms. The number of carbonyl (C=O) groups excluding carboxylic acids is 2. The van der Waals surface area contributed by atoms with E-state index in [0.29, 0.717) is 4.90 Å². The van der Waals surface area contributed by atoms with Crippen molar-refractivity contribution < 1.29 is 22.8 Å². The fourth-order valence-electron chi connectivity index (χ4n) is 2.28. The molecule has 0 saturated heterocycles. The van der Waals surface area contributed by atoms with Gasteiger partial charge >= 0.3 is 0 Å². The van der Waals surface area contributed by atoms with Gasteiger partial charge in [0, 0.05) is 0 Å². The number of imide groups is 1. The van der Waals surface area contributed by atoms with Crippen LogP contribution in [0.1, 0.15) is 41.5 Å². The maximum atomic E-state index is 13.6. The van der Waals surface area contributed by atoms with Crippen LogP contribution in [0, 0.1) is 0 Å². The zero-order valence-corrected chi connectivity index (χ0v) is 15.6. The number of hydrogen-bond acceptors (Lipinski definition) is 3. The van der Waals surface area contributed by atoms with Gasteiger partial charge in [-0.1, -0.05) is 32.9 Å². The Morgan fingerprint density at radius 2 is 1.54 bits per heavy atom. The van der Waals surface area contributed by atoms with Gasteiger partial charge in [-0.25, -0.2) is 8.78 Å². The Balaban J connectivity index is 2.24. The Hall–Kier alpha value is -1.60. The molecule has 0 radical (unpaired) electrons. The molecule has 1 heterocycles. The molecule has 4 nitrogen and oxygen atoms in total. The van der Waals surface area contributed by atoms with Crippen LogP contribution >= 0.6 is 0 Å². The maximum absolute atomic E-state index is 13.6. The number of amides is 2. The van der Waals surface area contributed by atoms with Gasteiger partial charge in [0.2, 0.25) is 0 Å². The van der Waals surface area contributed by atoms with E-state index in [1.54, 1.807) is 12.1 Å². The van der Waals surface area contributed by atoms with Gasteiger partial charge in [-0.15, -0.1) is 0 Å². The Labute approximate surface area is 141 Å². The molecule has 0 spiro atoms. The third-order valence-electron chi connectivity index (χ3n) is 4.87.